The summed E-state index contributed by atoms with van der Waals surface area (Å²) in [5.74, 6) is 0.789. The number of ether oxygens (including phenoxy) is 2. The molecule has 6 nitrogen and oxygen atoms in total. The number of aromatic nitrogens is 3. The number of hydrogen-bond donors (Lipinski definition) is 1. The fourth-order valence-electron chi connectivity index (χ4n) is 2.07. The van der Waals surface area contributed by atoms with Crippen LogP contribution < -0.4 is 5.32 Å². The van der Waals surface area contributed by atoms with Crippen LogP contribution >= 0.6 is 0 Å². The Morgan fingerprint density at radius 2 is 1.78 bits per heavy atom. The van der Waals surface area contributed by atoms with Crippen LogP contribution in [0.3, 0.4) is 0 Å². The largest absolute Gasteiger partial charge is 0.379 e. The first-order valence-corrected chi connectivity index (χ1v) is 8.85. The van der Waals surface area contributed by atoms with Gasteiger partial charge in [-0.05, 0) is 12.3 Å². The minimum Gasteiger partial charge on any atom is -0.379 e. The molecule has 1 aromatic heterocycles. The van der Waals surface area contributed by atoms with Gasteiger partial charge in [0.05, 0.1) is 32.1 Å². The van der Waals surface area contributed by atoms with E-state index in [2.05, 4.69) is 43.3 Å². The predicted octanol–water partition coefficient (Wildman–Crippen LogP) is 2.64. The van der Waals surface area contributed by atoms with Crippen LogP contribution in [0.4, 0.5) is 0 Å². The molecule has 0 bridgehead atoms. The van der Waals surface area contributed by atoms with Crippen molar-refractivity contribution in [1.29, 1.82) is 0 Å². The van der Waals surface area contributed by atoms with Gasteiger partial charge < -0.3 is 14.8 Å². The lowest BCUT2D eigenvalue weighted by Gasteiger charge is -2.07. The molecule has 0 radical (unpaired) electrons. The van der Waals surface area contributed by atoms with Crippen molar-refractivity contribution in [3.05, 3.63) is 11.9 Å². The Balaban J connectivity index is 1.93. The smallest absolute Gasteiger partial charge is 0.0964 e. The molecular formula is C17H34N4O2. The lowest BCUT2D eigenvalue weighted by molar-refractivity contribution is 0.0423. The first-order valence-electron chi connectivity index (χ1n) is 8.85. The Hall–Kier alpha value is -0.980. The first kappa shape index (κ1) is 20.1. The summed E-state index contributed by atoms with van der Waals surface area (Å²) < 4.78 is 12.9. The molecule has 0 unspecified atom stereocenters. The van der Waals surface area contributed by atoms with Crippen LogP contribution in [0.15, 0.2) is 6.20 Å². The second-order valence-corrected chi connectivity index (χ2v) is 6.62. The van der Waals surface area contributed by atoms with Crippen molar-refractivity contribution in [2.45, 2.75) is 66.1 Å². The van der Waals surface area contributed by atoms with E-state index in [1.54, 1.807) is 0 Å². The lowest BCUT2D eigenvalue weighted by Crippen LogP contribution is -2.21. The van der Waals surface area contributed by atoms with E-state index in [1.165, 1.54) is 12.8 Å². The van der Waals surface area contributed by atoms with Crippen LogP contribution in [0, 0.1) is 5.92 Å². The van der Waals surface area contributed by atoms with E-state index in [-0.39, 0.29) is 0 Å². The highest BCUT2D eigenvalue weighted by atomic mass is 16.5. The average molecular weight is 326 g/mol. The minimum atomic E-state index is 0.453. The molecule has 1 N–H and O–H groups in total. The fraction of sp³-hybridized carbons (Fsp3) is 0.882. The standard InChI is InChI=1S/C17H34N4O2/c1-15(2)7-5-6-9-22-11-12-23-10-8-21-14-17(19-20-21)13-18-16(3)4/h14-16,18H,5-13H2,1-4H3. The normalized spacial score (nSPS) is 11.7. The Morgan fingerprint density at radius 1 is 1.04 bits per heavy atom. The Morgan fingerprint density at radius 3 is 2.48 bits per heavy atom. The second kappa shape index (κ2) is 12.4. The van der Waals surface area contributed by atoms with Crippen LogP contribution in [-0.4, -0.2) is 47.5 Å². The monoisotopic (exact) mass is 326 g/mol. The highest BCUT2D eigenvalue weighted by Crippen LogP contribution is 2.05. The fourth-order valence-corrected chi connectivity index (χ4v) is 2.07. The van der Waals surface area contributed by atoms with E-state index in [0.29, 0.717) is 25.9 Å². The van der Waals surface area contributed by atoms with Gasteiger partial charge in [0.2, 0.25) is 0 Å². The maximum Gasteiger partial charge on any atom is 0.0964 e. The maximum atomic E-state index is 5.56. The summed E-state index contributed by atoms with van der Waals surface area (Å²) in [6, 6.07) is 0.453. The molecule has 6 heteroatoms. The van der Waals surface area contributed by atoms with Gasteiger partial charge in [-0.2, -0.15) is 0 Å². The minimum absolute atomic E-state index is 0.453. The Bertz CT molecular complexity index is 394. The van der Waals surface area contributed by atoms with Crippen molar-refractivity contribution < 1.29 is 9.47 Å². The van der Waals surface area contributed by atoms with Crippen LogP contribution in [0.2, 0.25) is 0 Å². The molecule has 0 fully saturated rings. The van der Waals surface area contributed by atoms with Gasteiger partial charge in [-0.15, -0.1) is 5.10 Å². The van der Waals surface area contributed by atoms with Crippen molar-refractivity contribution in [2.24, 2.45) is 5.92 Å². The third kappa shape index (κ3) is 11.2. The first-order chi connectivity index (χ1) is 11.1. The predicted molar refractivity (Wildman–Crippen MR) is 92.3 cm³/mol. The lowest BCUT2D eigenvalue weighted by atomic mass is 10.1. The van der Waals surface area contributed by atoms with E-state index >= 15 is 0 Å². The van der Waals surface area contributed by atoms with E-state index in [0.717, 1.165) is 37.7 Å². The van der Waals surface area contributed by atoms with E-state index < -0.39 is 0 Å². The molecule has 0 saturated carbocycles. The molecule has 23 heavy (non-hydrogen) atoms. The van der Waals surface area contributed by atoms with E-state index in [4.69, 9.17) is 9.47 Å². The van der Waals surface area contributed by atoms with Gasteiger partial charge in [-0.1, -0.05) is 45.7 Å². The summed E-state index contributed by atoms with van der Waals surface area (Å²) >= 11 is 0. The van der Waals surface area contributed by atoms with Gasteiger partial charge in [-0.25, -0.2) is 4.68 Å². The molecular weight excluding hydrogens is 292 g/mol. The van der Waals surface area contributed by atoms with Gasteiger partial charge in [-0.3, -0.25) is 0 Å². The molecule has 0 spiro atoms. The number of rotatable bonds is 14. The van der Waals surface area contributed by atoms with Crippen LogP contribution in [0.1, 0.15) is 52.7 Å². The third-order valence-corrected chi connectivity index (χ3v) is 3.43. The number of nitrogens with zero attached hydrogens (tertiary/aromatic N) is 3. The maximum absolute atomic E-state index is 5.56. The van der Waals surface area contributed by atoms with E-state index in [1.807, 2.05) is 10.9 Å². The molecule has 0 aliphatic carbocycles. The molecule has 1 heterocycles. The van der Waals surface area contributed by atoms with Crippen molar-refractivity contribution in [3.8, 4) is 0 Å². The molecule has 134 valence electrons. The topological polar surface area (TPSA) is 61.2 Å². The van der Waals surface area contributed by atoms with Crippen LogP contribution in [-0.2, 0) is 22.6 Å². The van der Waals surface area contributed by atoms with Crippen molar-refractivity contribution in [1.82, 2.24) is 20.3 Å². The molecule has 0 aliphatic heterocycles. The molecule has 1 aromatic rings. The van der Waals surface area contributed by atoms with Gasteiger partial charge in [0, 0.05) is 25.4 Å². The van der Waals surface area contributed by atoms with Crippen LogP contribution in [0.25, 0.3) is 0 Å². The zero-order valence-corrected chi connectivity index (χ0v) is 15.3. The Labute approximate surface area is 140 Å². The van der Waals surface area contributed by atoms with Crippen LogP contribution in [0.5, 0.6) is 0 Å². The quantitative estimate of drug-likeness (QED) is 0.533. The third-order valence-electron chi connectivity index (χ3n) is 3.43. The molecule has 0 atom stereocenters. The average Bonchev–Trinajstić information content (AvgIpc) is 2.94. The zero-order valence-electron chi connectivity index (χ0n) is 15.3. The number of unbranched alkanes of at least 4 members (excludes halogenated alkanes) is 1. The molecule has 0 aliphatic rings. The van der Waals surface area contributed by atoms with Crippen molar-refractivity contribution in [2.75, 3.05) is 26.4 Å². The van der Waals surface area contributed by atoms with Gasteiger partial charge in [0.1, 0.15) is 0 Å². The van der Waals surface area contributed by atoms with Crippen molar-refractivity contribution >= 4 is 0 Å². The summed E-state index contributed by atoms with van der Waals surface area (Å²) in [4.78, 5) is 0. The molecule has 1 rings (SSSR count). The number of nitrogens with one attached hydrogen (secondary N) is 1. The van der Waals surface area contributed by atoms with Gasteiger partial charge in [0.15, 0.2) is 0 Å². The molecule has 0 aromatic carbocycles. The highest BCUT2D eigenvalue weighted by molar-refractivity contribution is 4.91. The Kier molecular flexibility index (Phi) is 10.9. The summed E-state index contributed by atoms with van der Waals surface area (Å²) in [7, 11) is 0. The SMILES string of the molecule is CC(C)CCCCOCCOCCn1cc(CNC(C)C)nn1. The van der Waals surface area contributed by atoms with Gasteiger partial charge >= 0.3 is 0 Å². The summed E-state index contributed by atoms with van der Waals surface area (Å²) in [6.07, 6.45) is 5.64. The summed E-state index contributed by atoms with van der Waals surface area (Å²) in [5.41, 5.74) is 0.962. The molecule has 0 amide bonds. The zero-order chi connectivity index (χ0) is 16.9. The number of hydrogen-bond acceptors (Lipinski definition) is 5. The highest BCUT2D eigenvalue weighted by Gasteiger charge is 2.01. The van der Waals surface area contributed by atoms with Crippen molar-refractivity contribution in [3.63, 3.8) is 0 Å². The second-order valence-electron chi connectivity index (χ2n) is 6.62. The summed E-state index contributed by atoms with van der Waals surface area (Å²) in [5, 5.41) is 11.5. The van der Waals surface area contributed by atoms with Gasteiger partial charge in [0.25, 0.3) is 0 Å². The molecule has 0 saturated heterocycles. The van der Waals surface area contributed by atoms with E-state index in [9.17, 15) is 0 Å². The summed E-state index contributed by atoms with van der Waals surface area (Å²) in [6.45, 7) is 13.0.